The summed E-state index contributed by atoms with van der Waals surface area (Å²) in [6.07, 6.45) is 0. The average Bonchev–Trinajstić information content (AvgIpc) is 2.74. The topological polar surface area (TPSA) is 38.3 Å². The Balaban J connectivity index is 1.43. The summed E-state index contributed by atoms with van der Waals surface area (Å²) < 4.78 is 5.63. The molecular weight excluding hydrogens is 370 g/mol. The normalized spacial score (nSPS) is 10.6. The number of amides is 1. The Kier molecular flexibility index (Phi) is 5.27. The van der Waals surface area contributed by atoms with E-state index in [0.29, 0.717) is 10.8 Å². The number of anilines is 1. The van der Waals surface area contributed by atoms with E-state index in [0.717, 1.165) is 27.6 Å². The third-order valence-electron chi connectivity index (χ3n) is 4.46. The zero-order valence-corrected chi connectivity index (χ0v) is 15.8. The van der Waals surface area contributed by atoms with Crippen LogP contribution in [-0.4, -0.2) is 12.5 Å². The van der Waals surface area contributed by atoms with Crippen molar-refractivity contribution in [2.45, 2.75) is 0 Å². The van der Waals surface area contributed by atoms with Gasteiger partial charge in [-0.15, -0.1) is 0 Å². The van der Waals surface area contributed by atoms with Gasteiger partial charge in [0.15, 0.2) is 6.61 Å². The van der Waals surface area contributed by atoms with Crippen LogP contribution in [0.1, 0.15) is 0 Å². The number of benzene rings is 4. The molecular formula is C24H18ClNO2. The molecule has 0 saturated heterocycles. The predicted octanol–water partition coefficient (Wildman–Crippen LogP) is 6.18. The van der Waals surface area contributed by atoms with Gasteiger partial charge in [0.2, 0.25) is 0 Å². The molecule has 0 unspecified atom stereocenters. The Morgan fingerprint density at radius 2 is 1.57 bits per heavy atom. The molecule has 1 N–H and O–H groups in total. The summed E-state index contributed by atoms with van der Waals surface area (Å²) in [4.78, 5) is 12.3. The molecule has 0 saturated carbocycles. The summed E-state index contributed by atoms with van der Waals surface area (Å²) in [5, 5.41) is 5.44. The van der Waals surface area contributed by atoms with Crippen molar-refractivity contribution in [1.82, 2.24) is 0 Å². The highest BCUT2D eigenvalue weighted by Gasteiger charge is 2.09. The van der Waals surface area contributed by atoms with Crippen LogP contribution in [0.2, 0.25) is 5.02 Å². The van der Waals surface area contributed by atoms with E-state index in [1.54, 1.807) is 6.07 Å². The van der Waals surface area contributed by atoms with E-state index in [9.17, 15) is 4.79 Å². The lowest BCUT2D eigenvalue weighted by molar-refractivity contribution is -0.118. The number of hydrogen-bond donors (Lipinski definition) is 1. The van der Waals surface area contributed by atoms with Gasteiger partial charge >= 0.3 is 0 Å². The van der Waals surface area contributed by atoms with Crippen LogP contribution in [0.15, 0.2) is 91.0 Å². The first kappa shape index (κ1) is 18.1. The Morgan fingerprint density at radius 1 is 0.821 bits per heavy atom. The number of nitrogens with one attached hydrogen (secondary N) is 1. The van der Waals surface area contributed by atoms with Gasteiger partial charge in [0.25, 0.3) is 5.91 Å². The van der Waals surface area contributed by atoms with E-state index in [-0.39, 0.29) is 12.5 Å². The van der Waals surface area contributed by atoms with Crippen molar-refractivity contribution in [3.8, 4) is 16.9 Å². The van der Waals surface area contributed by atoms with E-state index in [4.69, 9.17) is 16.3 Å². The summed E-state index contributed by atoms with van der Waals surface area (Å²) in [7, 11) is 0. The van der Waals surface area contributed by atoms with Crippen LogP contribution in [0.5, 0.6) is 5.75 Å². The maximum atomic E-state index is 12.3. The van der Waals surface area contributed by atoms with E-state index in [1.165, 1.54) is 0 Å². The van der Waals surface area contributed by atoms with Crippen LogP contribution in [0.4, 0.5) is 5.69 Å². The molecule has 4 aromatic carbocycles. The number of fused-ring (bicyclic) bond motifs is 1. The zero-order valence-electron chi connectivity index (χ0n) is 15.1. The maximum Gasteiger partial charge on any atom is 0.262 e. The Labute approximate surface area is 168 Å². The van der Waals surface area contributed by atoms with Crippen molar-refractivity contribution in [2.24, 2.45) is 0 Å². The molecule has 4 aromatic rings. The fourth-order valence-corrected chi connectivity index (χ4v) is 3.33. The lowest BCUT2D eigenvalue weighted by Gasteiger charge is -2.11. The molecule has 0 aliphatic rings. The summed E-state index contributed by atoms with van der Waals surface area (Å²) in [5.41, 5.74) is 2.83. The Bertz CT molecular complexity index is 1120. The van der Waals surface area contributed by atoms with Crippen LogP contribution < -0.4 is 10.1 Å². The fourth-order valence-electron chi connectivity index (χ4n) is 3.09. The maximum absolute atomic E-state index is 12.3. The first-order valence-corrected chi connectivity index (χ1v) is 9.34. The number of rotatable bonds is 5. The third kappa shape index (κ3) is 4.00. The molecule has 3 nitrogen and oxygen atoms in total. The molecule has 0 aromatic heterocycles. The molecule has 0 fully saturated rings. The van der Waals surface area contributed by atoms with Crippen LogP contribution >= 0.6 is 11.6 Å². The molecule has 0 radical (unpaired) electrons. The van der Waals surface area contributed by atoms with E-state index < -0.39 is 0 Å². The minimum absolute atomic E-state index is 0.117. The minimum Gasteiger partial charge on any atom is -0.482 e. The van der Waals surface area contributed by atoms with Gasteiger partial charge in [0.1, 0.15) is 5.75 Å². The van der Waals surface area contributed by atoms with Crippen LogP contribution in [-0.2, 0) is 4.79 Å². The van der Waals surface area contributed by atoms with Gasteiger partial charge in [-0.1, -0.05) is 84.4 Å². The molecule has 138 valence electrons. The van der Waals surface area contributed by atoms with Crippen molar-refractivity contribution >= 4 is 34.0 Å². The SMILES string of the molecule is O=C(COc1ccc(-c2ccccc2)cc1Cl)Nc1cccc2ccccc12. The van der Waals surface area contributed by atoms with Gasteiger partial charge in [-0.25, -0.2) is 0 Å². The zero-order chi connectivity index (χ0) is 19.3. The second kappa shape index (κ2) is 8.15. The van der Waals surface area contributed by atoms with Crippen molar-refractivity contribution in [1.29, 1.82) is 0 Å². The average molecular weight is 388 g/mol. The van der Waals surface area contributed by atoms with Crippen molar-refractivity contribution < 1.29 is 9.53 Å². The molecule has 28 heavy (non-hydrogen) atoms. The minimum atomic E-state index is -0.237. The monoisotopic (exact) mass is 387 g/mol. The predicted molar refractivity (Wildman–Crippen MR) is 115 cm³/mol. The van der Waals surface area contributed by atoms with Gasteiger partial charge in [-0.2, -0.15) is 0 Å². The largest absolute Gasteiger partial charge is 0.482 e. The second-order valence-corrected chi connectivity index (χ2v) is 6.78. The first-order chi connectivity index (χ1) is 13.7. The highest BCUT2D eigenvalue weighted by molar-refractivity contribution is 6.32. The molecule has 0 atom stereocenters. The Hall–Kier alpha value is -3.30. The van der Waals surface area contributed by atoms with Gasteiger partial charge in [0, 0.05) is 11.1 Å². The summed E-state index contributed by atoms with van der Waals surface area (Å²) >= 11 is 6.34. The quantitative estimate of drug-likeness (QED) is 0.444. The number of halogens is 1. The van der Waals surface area contributed by atoms with Crippen molar-refractivity contribution in [2.75, 3.05) is 11.9 Å². The number of carbonyl (C=O) groups is 1. The molecule has 0 heterocycles. The molecule has 0 spiro atoms. The first-order valence-electron chi connectivity index (χ1n) is 8.96. The smallest absolute Gasteiger partial charge is 0.262 e. The van der Waals surface area contributed by atoms with Gasteiger partial charge in [0.05, 0.1) is 5.02 Å². The fraction of sp³-hybridized carbons (Fsp3) is 0.0417. The molecule has 0 aliphatic heterocycles. The van der Waals surface area contributed by atoms with Gasteiger partial charge in [-0.05, 0) is 34.7 Å². The molecule has 4 heteroatoms. The van der Waals surface area contributed by atoms with Crippen molar-refractivity contribution in [3.63, 3.8) is 0 Å². The number of hydrogen-bond acceptors (Lipinski definition) is 2. The lowest BCUT2D eigenvalue weighted by atomic mass is 10.1. The molecule has 1 amide bonds. The number of ether oxygens (including phenoxy) is 1. The van der Waals surface area contributed by atoms with Crippen LogP contribution in [0, 0.1) is 0 Å². The van der Waals surface area contributed by atoms with E-state index in [2.05, 4.69) is 5.32 Å². The third-order valence-corrected chi connectivity index (χ3v) is 4.76. The highest BCUT2D eigenvalue weighted by Crippen LogP contribution is 2.30. The second-order valence-electron chi connectivity index (χ2n) is 6.37. The summed E-state index contributed by atoms with van der Waals surface area (Å²) in [6.45, 7) is -0.117. The van der Waals surface area contributed by atoms with Gasteiger partial charge in [-0.3, -0.25) is 4.79 Å². The van der Waals surface area contributed by atoms with Crippen LogP contribution in [0.3, 0.4) is 0 Å². The molecule has 0 bridgehead atoms. The molecule has 4 rings (SSSR count). The summed E-state index contributed by atoms with van der Waals surface area (Å²) in [5.74, 6) is 0.244. The number of carbonyl (C=O) groups excluding carboxylic acids is 1. The van der Waals surface area contributed by atoms with E-state index >= 15 is 0 Å². The molecule has 0 aliphatic carbocycles. The van der Waals surface area contributed by atoms with Crippen molar-refractivity contribution in [3.05, 3.63) is 96.0 Å². The van der Waals surface area contributed by atoms with Gasteiger partial charge < -0.3 is 10.1 Å². The summed E-state index contributed by atoms with van der Waals surface area (Å²) in [6, 6.07) is 29.2. The van der Waals surface area contributed by atoms with E-state index in [1.807, 2.05) is 84.9 Å². The standard InChI is InChI=1S/C24H18ClNO2/c25-21-15-19(17-7-2-1-3-8-17)13-14-23(21)28-16-24(27)26-22-12-6-10-18-9-4-5-11-20(18)22/h1-15H,16H2,(H,26,27). The Morgan fingerprint density at radius 3 is 2.39 bits per heavy atom. The lowest BCUT2D eigenvalue weighted by Crippen LogP contribution is -2.20. The highest BCUT2D eigenvalue weighted by atomic mass is 35.5. The van der Waals surface area contributed by atoms with Crippen LogP contribution in [0.25, 0.3) is 21.9 Å².